The van der Waals surface area contributed by atoms with Gasteiger partial charge in [-0.15, -0.1) is 0 Å². The van der Waals surface area contributed by atoms with Gasteiger partial charge < -0.3 is 4.98 Å². The standard InChI is InChI=1S/C15H11F3N4/c1-9-11(4-5-13(21-9)15(16,17)18)14-20-8-12(22-14)10-3-2-6-19-7-10/h2-8H,1H3,(H,20,22). The van der Waals surface area contributed by atoms with Crippen LogP contribution < -0.4 is 0 Å². The molecule has 0 bridgehead atoms. The van der Waals surface area contributed by atoms with Crippen molar-refractivity contribution in [3.8, 4) is 22.6 Å². The number of imidazole rings is 1. The molecule has 0 aromatic carbocycles. The zero-order valence-electron chi connectivity index (χ0n) is 11.5. The molecule has 0 spiro atoms. The molecular formula is C15H11F3N4. The molecular weight excluding hydrogens is 293 g/mol. The predicted octanol–water partition coefficient (Wildman–Crippen LogP) is 3.86. The van der Waals surface area contributed by atoms with E-state index in [4.69, 9.17) is 0 Å². The molecule has 0 aliphatic rings. The van der Waals surface area contributed by atoms with Crippen LogP contribution in [0.1, 0.15) is 11.4 Å². The molecule has 0 saturated heterocycles. The molecule has 22 heavy (non-hydrogen) atoms. The summed E-state index contributed by atoms with van der Waals surface area (Å²) in [6.07, 6.45) is 0.497. The van der Waals surface area contributed by atoms with Gasteiger partial charge in [-0.25, -0.2) is 9.97 Å². The van der Waals surface area contributed by atoms with Gasteiger partial charge in [0.25, 0.3) is 0 Å². The minimum atomic E-state index is -4.45. The Labute approximate surface area is 124 Å². The van der Waals surface area contributed by atoms with Gasteiger partial charge in [0.1, 0.15) is 11.5 Å². The van der Waals surface area contributed by atoms with Crippen molar-refractivity contribution in [3.63, 3.8) is 0 Å². The molecule has 7 heteroatoms. The molecule has 0 amide bonds. The van der Waals surface area contributed by atoms with Gasteiger partial charge in [-0.05, 0) is 31.2 Å². The lowest BCUT2D eigenvalue weighted by Crippen LogP contribution is -2.09. The van der Waals surface area contributed by atoms with E-state index in [1.54, 1.807) is 24.7 Å². The molecule has 0 saturated carbocycles. The summed E-state index contributed by atoms with van der Waals surface area (Å²) in [5.74, 6) is 0.470. The first-order valence-electron chi connectivity index (χ1n) is 6.46. The lowest BCUT2D eigenvalue weighted by molar-refractivity contribution is -0.141. The van der Waals surface area contributed by atoms with Crippen LogP contribution in [0.25, 0.3) is 22.6 Å². The minimum absolute atomic E-state index is 0.266. The molecule has 3 aromatic heterocycles. The van der Waals surface area contributed by atoms with E-state index in [0.717, 1.165) is 17.3 Å². The maximum atomic E-state index is 12.6. The van der Waals surface area contributed by atoms with Crippen molar-refractivity contribution in [1.29, 1.82) is 0 Å². The Hall–Kier alpha value is -2.70. The molecule has 0 fully saturated rings. The van der Waals surface area contributed by atoms with Crippen molar-refractivity contribution in [3.05, 3.63) is 54.2 Å². The minimum Gasteiger partial charge on any atom is -0.338 e. The van der Waals surface area contributed by atoms with Crippen LogP contribution in [0.15, 0.2) is 42.9 Å². The van der Waals surface area contributed by atoms with Crippen LogP contribution in [-0.4, -0.2) is 19.9 Å². The van der Waals surface area contributed by atoms with Crippen molar-refractivity contribution in [1.82, 2.24) is 19.9 Å². The van der Waals surface area contributed by atoms with Crippen LogP contribution in [0.3, 0.4) is 0 Å². The number of alkyl halides is 3. The SMILES string of the molecule is Cc1nc(C(F)(F)F)ccc1-c1ncc(-c2cccnc2)[nH]1. The number of H-pyrrole nitrogens is 1. The topological polar surface area (TPSA) is 54.5 Å². The predicted molar refractivity (Wildman–Crippen MR) is 74.8 cm³/mol. The van der Waals surface area contributed by atoms with Gasteiger partial charge >= 0.3 is 6.18 Å². The largest absolute Gasteiger partial charge is 0.433 e. The Bertz CT molecular complexity index is 794. The summed E-state index contributed by atoms with van der Waals surface area (Å²) in [4.78, 5) is 14.9. The molecule has 3 aromatic rings. The van der Waals surface area contributed by atoms with E-state index in [1.807, 2.05) is 6.07 Å². The fraction of sp³-hybridized carbons (Fsp3) is 0.133. The summed E-state index contributed by atoms with van der Waals surface area (Å²) in [5.41, 5.74) is 1.47. The second-order valence-corrected chi connectivity index (χ2v) is 4.71. The average molecular weight is 304 g/mol. The lowest BCUT2D eigenvalue weighted by atomic mass is 10.1. The zero-order chi connectivity index (χ0) is 15.7. The van der Waals surface area contributed by atoms with Gasteiger partial charge in [0.05, 0.1) is 11.9 Å². The quantitative estimate of drug-likeness (QED) is 0.782. The number of nitrogens with one attached hydrogen (secondary N) is 1. The third-order valence-corrected chi connectivity index (χ3v) is 3.18. The molecule has 0 radical (unpaired) electrons. The van der Waals surface area contributed by atoms with E-state index in [9.17, 15) is 13.2 Å². The molecule has 3 heterocycles. The fourth-order valence-corrected chi connectivity index (χ4v) is 2.10. The van der Waals surface area contributed by atoms with E-state index in [1.165, 1.54) is 13.0 Å². The summed E-state index contributed by atoms with van der Waals surface area (Å²) < 4.78 is 37.9. The molecule has 0 aliphatic carbocycles. The molecule has 0 atom stereocenters. The third kappa shape index (κ3) is 2.69. The second-order valence-electron chi connectivity index (χ2n) is 4.71. The molecule has 0 aliphatic heterocycles. The number of pyridine rings is 2. The maximum Gasteiger partial charge on any atom is 0.433 e. The highest BCUT2D eigenvalue weighted by Crippen LogP contribution is 2.30. The first-order valence-corrected chi connectivity index (χ1v) is 6.46. The number of aromatic nitrogens is 4. The molecule has 1 N–H and O–H groups in total. The Balaban J connectivity index is 1.97. The van der Waals surface area contributed by atoms with E-state index in [-0.39, 0.29) is 5.69 Å². The highest BCUT2D eigenvalue weighted by Gasteiger charge is 2.32. The van der Waals surface area contributed by atoms with Crippen molar-refractivity contribution in [2.24, 2.45) is 0 Å². The monoisotopic (exact) mass is 304 g/mol. The van der Waals surface area contributed by atoms with Crippen molar-refractivity contribution in [2.45, 2.75) is 13.1 Å². The Morgan fingerprint density at radius 2 is 1.91 bits per heavy atom. The van der Waals surface area contributed by atoms with Gasteiger partial charge in [-0.3, -0.25) is 4.98 Å². The fourth-order valence-electron chi connectivity index (χ4n) is 2.10. The first-order chi connectivity index (χ1) is 10.4. The van der Waals surface area contributed by atoms with E-state index < -0.39 is 11.9 Å². The smallest absolute Gasteiger partial charge is 0.338 e. The van der Waals surface area contributed by atoms with Gasteiger partial charge in [0, 0.05) is 29.2 Å². The van der Waals surface area contributed by atoms with E-state index in [0.29, 0.717) is 11.4 Å². The third-order valence-electron chi connectivity index (χ3n) is 3.18. The number of aryl methyl sites for hydroxylation is 1. The highest BCUT2D eigenvalue weighted by molar-refractivity contribution is 5.65. The van der Waals surface area contributed by atoms with Crippen LogP contribution in [-0.2, 0) is 6.18 Å². The highest BCUT2D eigenvalue weighted by atomic mass is 19.4. The number of rotatable bonds is 2. The van der Waals surface area contributed by atoms with Crippen LogP contribution in [0, 0.1) is 6.92 Å². The maximum absolute atomic E-state index is 12.6. The molecule has 112 valence electrons. The van der Waals surface area contributed by atoms with E-state index >= 15 is 0 Å². The summed E-state index contributed by atoms with van der Waals surface area (Å²) in [5, 5.41) is 0. The summed E-state index contributed by atoms with van der Waals surface area (Å²) in [6, 6.07) is 5.98. The first kappa shape index (κ1) is 14.2. The molecule has 0 unspecified atom stereocenters. The Morgan fingerprint density at radius 1 is 1.09 bits per heavy atom. The number of hydrogen-bond acceptors (Lipinski definition) is 3. The number of aromatic amines is 1. The molecule has 4 nitrogen and oxygen atoms in total. The van der Waals surface area contributed by atoms with Crippen LogP contribution in [0.5, 0.6) is 0 Å². The number of halogens is 3. The van der Waals surface area contributed by atoms with Gasteiger partial charge in [0.15, 0.2) is 0 Å². The normalized spacial score (nSPS) is 11.6. The number of nitrogens with zero attached hydrogens (tertiary/aromatic N) is 3. The summed E-state index contributed by atoms with van der Waals surface area (Å²) in [7, 11) is 0. The van der Waals surface area contributed by atoms with Crippen molar-refractivity contribution in [2.75, 3.05) is 0 Å². The zero-order valence-corrected chi connectivity index (χ0v) is 11.5. The van der Waals surface area contributed by atoms with Crippen LogP contribution in [0.4, 0.5) is 13.2 Å². The Morgan fingerprint density at radius 3 is 2.55 bits per heavy atom. The summed E-state index contributed by atoms with van der Waals surface area (Å²) >= 11 is 0. The average Bonchev–Trinajstić information content (AvgIpc) is 2.96. The summed E-state index contributed by atoms with van der Waals surface area (Å²) in [6.45, 7) is 1.52. The van der Waals surface area contributed by atoms with Gasteiger partial charge in [-0.2, -0.15) is 13.2 Å². The van der Waals surface area contributed by atoms with Gasteiger partial charge in [-0.1, -0.05) is 0 Å². The van der Waals surface area contributed by atoms with Crippen LogP contribution in [0.2, 0.25) is 0 Å². The van der Waals surface area contributed by atoms with E-state index in [2.05, 4.69) is 19.9 Å². The number of hydrogen-bond donors (Lipinski definition) is 1. The molecule has 3 rings (SSSR count). The van der Waals surface area contributed by atoms with Crippen molar-refractivity contribution >= 4 is 0 Å². The van der Waals surface area contributed by atoms with Crippen LogP contribution >= 0.6 is 0 Å². The second kappa shape index (κ2) is 5.25. The van der Waals surface area contributed by atoms with Crippen molar-refractivity contribution < 1.29 is 13.2 Å². The Kier molecular flexibility index (Phi) is 3.40. The lowest BCUT2D eigenvalue weighted by Gasteiger charge is -2.08. The van der Waals surface area contributed by atoms with Gasteiger partial charge in [0.2, 0.25) is 0 Å².